The average Bonchev–Trinajstić information content (AvgIpc) is 2.54. The van der Waals surface area contributed by atoms with Gasteiger partial charge in [0.25, 0.3) is 5.91 Å². The summed E-state index contributed by atoms with van der Waals surface area (Å²) in [7, 11) is 0. The van der Waals surface area contributed by atoms with Crippen molar-refractivity contribution in [2.75, 3.05) is 12.3 Å². The van der Waals surface area contributed by atoms with Crippen molar-refractivity contribution in [3.05, 3.63) is 29.8 Å². The minimum atomic E-state index is -0.826. The summed E-state index contributed by atoms with van der Waals surface area (Å²) in [5.74, 6) is -1.12. The molecule has 6 heteroatoms. The standard InChI is InChI=1S/C16H19N3O3/c17-11-16(8-4-1-5-9-16)19-14(20)10-22-15(21)12-6-2-3-7-13(12)18/h2-3,6-7H,1,4-5,8-10,18H2,(H,19,20). The van der Waals surface area contributed by atoms with Gasteiger partial charge in [0.2, 0.25) is 0 Å². The fourth-order valence-electron chi connectivity index (χ4n) is 2.61. The summed E-state index contributed by atoms with van der Waals surface area (Å²) in [4.78, 5) is 23.8. The topological polar surface area (TPSA) is 105 Å². The first kappa shape index (κ1) is 15.8. The molecule has 0 atom stereocenters. The van der Waals surface area contributed by atoms with E-state index in [1.54, 1.807) is 18.2 Å². The van der Waals surface area contributed by atoms with Gasteiger partial charge in [-0.2, -0.15) is 5.26 Å². The zero-order valence-electron chi connectivity index (χ0n) is 12.3. The molecular weight excluding hydrogens is 282 g/mol. The number of ether oxygens (including phenoxy) is 1. The molecule has 1 fully saturated rings. The van der Waals surface area contributed by atoms with Gasteiger partial charge in [-0.15, -0.1) is 0 Å². The van der Waals surface area contributed by atoms with E-state index in [0.29, 0.717) is 18.5 Å². The molecule has 0 aromatic heterocycles. The number of nitrogens with one attached hydrogen (secondary N) is 1. The minimum Gasteiger partial charge on any atom is -0.452 e. The van der Waals surface area contributed by atoms with Crippen molar-refractivity contribution >= 4 is 17.6 Å². The van der Waals surface area contributed by atoms with E-state index in [0.717, 1.165) is 19.3 Å². The van der Waals surface area contributed by atoms with E-state index < -0.39 is 24.0 Å². The molecule has 0 radical (unpaired) electrons. The van der Waals surface area contributed by atoms with Crippen LogP contribution in [0, 0.1) is 11.3 Å². The normalized spacial score (nSPS) is 16.3. The Morgan fingerprint density at radius 1 is 1.27 bits per heavy atom. The van der Waals surface area contributed by atoms with Gasteiger partial charge in [-0.1, -0.05) is 31.4 Å². The largest absolute Gasteiger partial charge is 0.452 e. The molecule has 22 heavy (non-hydrogen) atoms. The first-order valence-electron chi connectivity index (χ1n) is 7.30. The quantitative estimate of drug-likeness (QED) is 0.651. The van der Waals surface area contributed by atoms with Crippen molar-refractivity contribution in [1.29, 1.82) is 5.26 Å². The SMILES string of the molecule is N#CC1(NC(=O)COC(=O)c2ccccc2N)CCCCC1. The lowest BCUT2D eigenvalue weighted by Gasteiger charge is -2.31. The second-order valence-electron chi connectivity index (χ2n) is 5.47. The number of nitrogens with two attached hydrogens (primary N) is 1. The van der Waals surface area contributed by atoms with Crippen LogP contribution in [-0.2, 0) is 9.53 Å². The van der Waals surface area contributed by atoms with Gasteiger partial charge in [-0.25, -0.2) is 4.79 Å². The molecule has 1 aromatic carbocycles. The highest BCUT2D eigenvalue weighted by atomic mass is 16.5. The Balaban J connectivity index is 1.89. The number of rotatable bonds is 4. The van der Waals surface area contributed by atoms with E-state index in [2.05, 4.69) is 11.4 Å². The molecule has 6 nitrogen and oxygen atoms in total. The summed E-state index contributed by atoms with van der Waals surface area (Å²) in [6, 6.07) is 8.68. The summed E-state index contributed by atoms with van der Waals surface area (Å²) >= 11 is 0. The van der Waals surface area contributed by atoms with Gasteiger partial charge in [0.15, 0.2) is 6.61 Å². The third-order valence-electron chi connectivity index (χ3n) is 3.81. The van der Waals surface area contributed by atoms with Crippen LogP contribution < -0.4 is 11.1 Å². The Morgan fingerprint density at radius 2 is 1.95 bits per heavy atom. The molecule has 0 heterocycles. The number of para-hydroxylation sites is 1. The van der Waals surface area contributed by atoms with Gasteiger partial charge >= 0.3 is 5.97 Å². The number of benzene rings is 1. The summed E-state index contributed by atoms with van der Waals surface area (Å²) in [5, 5.41) is 12.0. The first-order valence-corrected chi connectivity index (χ1v) is 7.30. The fourth-order valence-corrected chi connectivity index (χ4v) is 2.61. The number of hydrogen-bond acceptors (Lipinski definition) is 5. The lowest BCUT2D eigenvalue weighted by Crippen LogP contribution is -2.50. The molecule has 0 bridgehead atoms. The Kier molecular flexibility index (Phi) is 4.99. The monoisotopic (exact) mass is 301 g/mol. The van der Waals surface area contributed by atoms with Crippen LogP contribution in [0.15, 0.2) is 24.3 Å². The summed E-state index contributed by atoms with van der Waals surface area (Å²) in [6.45, 7) is -0.420. The highest BCUT2D eigenvalue weighted by Crippen LogP contribution is 2.27. The maximum atomic E-state index is 11.9. The summed E-state index contributed by atoms with van der Waals surface area (Å²) in [6.07, 6.45) is 4.16. The highest BCUT2D eigenvalue weighted by Gasteiger charge is 2.33. The average molecular weight is 301 g/mol. The molecule has 0 unspecified atom stereocenters. The van der Waals surface area contributed by atoms with Gasteiger partial charge in [0.1, 0.15) is 5.54 Å². The molecule has 1 aliphatic carbocycles. The number of anilines is 1. The van der Waals surface area contributed by atoms with Crippen molar-refractivity contribution in [2.45, 2.75) is 37.6 Å². The van der Waals surface area contributed by atoms with E-state index in [4.69, 9.17) is 10.5 Å². The van der Waals surface area contributed by atoms with Crippen LogP contribution in [0.4, 0.5) is 5.69 Å². The molecule has 3 N–H and O–H groups in total. The number of amides is 1. The minimum absolute atomic E-state index is 0.225. The number of carbonyl (C=O) groups is 2. The highest BCUT2D eigenvalue weighted by molar-refractivity contribution is 5.96. The number of hydrogen-bond donors (Lipinski definition) is 2. The molecule has 1 aliphatic rings. The van der Waals surface area contributed by atoms with Crippen molar-refractivity contribution in [3.8, 4) is 6.07 Å². The number of nitrogen functional groups attached to an aromatic ring is 1. The van der Waals surface area contributed by atoms with E-state index in [9.17, 15) is 14.9 Å². The Labute approximate surface area is 129 Å². The zero-order chi connectivity index (χ0) is 16.0. The Hall–Kier alpha value is -2.55. The molecule has 0 spiro atoms. The smallest absolute Gasteiger partial charge is 0.340 e. The van der Waals surface area contributed by atoms with Crippen LogP contribution in [0.3, 0.4) is 0 Å². The van der Waals surface area contributed by atoms with Gasteiger partial charge in [0, 0.05) is 5.69 Å². The number of carbonyl (C=O) groups excluding carboxylic acids is 2. The number of nitriles is 1. The first-order chi connectivity index (χ1) is 10.6. The molecule has 1 amide bonds. The van der Waals surface area contributed by atoms with E-state index in [1.807, 2.05) is 0 Å². The van der Waals surface area contributed by atoms with E-state index in [1.165, 1.54) is 6.07 Å². The molecule has 0 saturated heterocycles. The lowest BCUT2D eigenvalue weighted by molar-refractivity contribution is -0.125. The third-order valence-corrected chi connectivity index (χ3v) is 3.81. The summed E-state index contributed by atoms with van der Waals surface area (Å²) < 4.78 is 4.96. The predicted molar refractivity (Wildman–Crippen MR) is 80.7 cm³/mol. The maximum Gasteiger partial charge on any atom is 0.340 e. The van der Waals surface area contributed by atoms with Gasteiger partial charge in [-0.3, -0.25) is 4.79 Å². The fraction of sp³-hybridized carbons (Fsp3) is 0.438. The van der Waals surface area contributed by atoms with Crippen molar-refractivity contribution in [2.24, 2.45) is 0 Å². The lowest BCUT2D eigenvalue weighted by atomic mass is 9.83. The Bertz CT molecular complexity index is 601. The zero-order valence-corrected chi connectivity index (χ0v) is 12.3. The van der Waals surface area contributed by atoms with E-state index >= 15 is 0 Å². The predicted octanol–water partition coefficient (Wildman–Crippen LogP) is 1.77. The van der Waals surface area contributed by atoms with Gasteiger partial charge in [0.05, 0.1) is 11.6 Å². The van der Waals surface area contributed by atoms with Crippen LogP contribution in [0.1, 0.15) is 42.5 Å². The van der Waals surface area contributed by atoms with Crippen LogP contribution in [0.25, 0.3) is 0 Å². The Morgan fingerprint density at radius 3 is 2.59 bits per heavy atom. The molecule has 0 aliphatic heterocycles. The van der Waals surface area contributed by atoms with Crippen LogP contribution >= 0.6 is 0 Å². The molecule has 1 saturated carbocycles. The number of nitrogens with zero attached hydrogens (tertiary/aromatic N) is 1. The second kappa shape index (κ2) is 6.94. The van der Waals surface area contributed by atoms with Crippen molar-refractivity contribution in [3.63, 3.8) is 0 Å². The molecule has 116 valence electrons. The van der Waals surface area contributed by atoms with Crippen LogP contribution in [0.2, 0.25) is 0 Å². The molecule has 1 aromatic rings. The number of esters is 1. The maximum absolute atomic E-state index is 11.9. The van der Waals surface area contributed by atoms with Crippen molar-refractivity contribution in [1.82, 2.24) is 5.32 Å². The molecular formula is C16H19N3O3. The van der Waals surface area contributed by atoms with Crippen LogP contribution in [-0.4, -0.2) is 24.0 Å². The second-order valence-corrected chi connectivity index (χ2v) is 5.47. The van der Waals surface area contributed by atoms with Gasteiger partial charge < -0.3 is 15.8 Å². The van der Waals surface area contributed by atoms with Crippen LogP contribution in [0.5, 0.6) is 0 Å². The van der Waals surface area contributed by atoms with Gasteiger partial charge in [-0.05, 0) is 25.0 Å². The molecule has 2 rings (SSSR count). The third kappa shape index (κ3) is 3.76. The van der Waals surface area contributed by atoms with Crippen molar-refractivity contribution < 1.29 is 14.3 Å². The van der Waals surface area contributed by atoms with E-state index in [-0.39, 0.29) is 5.56 Å². The summed E-state index contributed by atoms with van der Waals surface area (Å²) in [5.41, 5.74) is 5.37.